The van der Waals surface area contributed by atoms with Crippen LogP contribution in [0.3, 0.4) is 0 Å². The average molecular weight is 320 g/mol. The Morgan fingerprint density at radius 1 is 1.25 bits per heavy atom. The van der Waals surface area contributed by atoms with Crippen LogP contribution in [0.15, 0.2) is 24.3 Å². The van der Waals surface area contributed by atoms with E-state index in [2.05, 4.69) is 45.4 Å². The highest BCUT2D eigenvalue weighted by Gasteiger charge is 2.44. The highest BCUT2D eigenvalue weighted by Crippen LogP contribution is 2.43. The van der Waals surface area contributed by atoms with Crippen LogP contribution < -0.4 is 4.90 Å². The lowest BCUT2D eigenvalue weighted by atomic mass is 9.93. The standard InChI is InChI=1S/C19H20N4O/c1-13-14(2)21-22-18(16(13)11-20)23-9-10-24-19(12-23)8-7-15-5-3-4-6-17(15)19/h3-6H,7-10,12H2,1-2H3. The third-order valence-corrected chi connectivity index (χ3v) is 5.34. The van der Waals surface area contributed by atoms with Crippen LogP contribution in [0.1, 0.15) is 34.4 Å². The van der Waals surface area contributed by atoms with Crippen LogP contribution >= 0.6 is 0 Å². The van der Waals surface area contributed by atoms with E-state index in [-0.39, 0.29) is 5.60 Å². The van der Waals surface area contributed by atoms with E-state index in [1.807, 2.05) is 13.8 Å². The van der Waals surface area contributed by atoms with Crippen molar-refractivity contribution in [1.82, 2.24) is 10.2 Å². The number of nitrogens with zero attached hydrogens (tertiary/aromatic N) is 4. The molecule has 5 nitrogen and oxygen atoms in total. The van der Waals surface area contributed by atoms with E-state index in [9.17, 15) is 5.26 Å². The van der Waals surface area contributed by atoms with Crippen LogP contribution in [0.4, 0.5) is 5.82 Å². The zero-order chi connectivity index (χ0) is 16.7. The fourth-order valence-corrected chi connectivity index (χ4v) is 3.88. The van der Waals surface area contributed by atoms with Crippen LogP contribution in [-0.4, -0.2) is 29.9 Å². The first kappa shape index (κ1) is 15.1. The third-order valence-electron chi connectivity index (χ3n) is 5.34. The van der Waals surface area contributed by atoms with Gasteiger partial charge in [-0.1, -0.05) is 24.3 Å². The van der Waals surface area contributed by atoms with Crippen LogP contribution in [0.5, 0.6) is 0 Å². The molecule has 1 aromatic carbocycles. The Labute approximate surface area is 141 Å². The molecule has 0 saturated carbocycles. The molecule has 1 atom stereocenters. The molecule has 1 aromatic heterocycles. The number of aryl methyl sites for hydroxylation is 2. The van der Waals surface area contributed by atoms with Gasteiger partial charge in [0.05, 0.1) is 18.8 Å². The van der Waals surface area contributed by atoms with Gasteiger partial charge < -0.3 is 9.64 Å². The summed E-state index contributed by atoms with van der Waals surface area (Å²) < 4.78 is 6.26. The van der Waals surface area contributed by atoms with Crippen LogP contribution in [0.25, 0.3) is 0 Å². The SMILES string of the molecule is Cc1nnc(N2CCOC3(CCc4ccccc43)C2)c(C#N)c1C. The number of anilines is 1. The van der Waals surface area contributed by atoms with E-state index in [1.54, 1.807) is 0 Å². The maximum absolute atomic E-state index is 9.59. The Hall–Kier alpha value is -2.45. The molecule has 1 saturated heterocycles. The Morgan fingerprint density at radius 2 is 2.08 bits per heavy atom. The number of nitriles is 1. The molecule has 0 bridgehead atoms. The minimum Gasteiger partial charge on any atom is -0.367 e. The topological polar surface area (TPSA) is 62.0 Å². The van der Waals surface area contributed by atoms with E-state index >= 15 is 0 Å². The van der Waals surface area contributed by atoms with Crippen molar-refractivity contribution in [2.24, 2.45) is 0 Å². The lowest BCUT2D eigenvalue weighted by Crippen LogP contribution is -2.49. The fraction of sp³-hybridized carbons (Fsp3) is 0.421. The van der Waals surface area contributed by atoms with Crippen molar-refractivity contribution in [2.45, 2.75) is 32.3 Å². The summed E-state index contributed by atoms with van der Waals surface area (Å²) in [5, 5.41) is 18.2. The number of aromatic nitrogens is 2. The first-order valence-electron chi connectivity index (χ1n) is 8.36. The number of fused-ring (bicyclic) bond motifs is 2. The molecule has 2 aromatic rings. The number of benzene rings is 1. The Bertz CT molecular complexity index is 838. The van der Waals surface area contributed by atoms with Gasteiger partial charge in [-0.2, -0.15) is 10.4 Å². The first-order chi connectivity index (χ1) is 11.6. The first-order valence-corrected chi connectivity index (χ1v) is 8.36. The fourth-order valence-electron chi connectivity index (χ4n) is 3.88. The van der Waals surface area contributed by atoms with E-state index < -0.39 is 0 Å². The summed E-state index contributed by atoms with van der Waals surface area (Å²) in [7, 11) is 0. The zero-order valence-corrected chi connectivity index (χ0v) is 14.0. The summed E-state index contributed by atoms with van der Waals surface area (Å²) in [4.78, 5) is 2.17. The number of hydrogen-bond donors (Lipinski definition) is 0. The Balaban J connectivity index is 1.73. The second-order valence-electron chi connectivity index (χ2n) is 6.64. The lowest BCUT2D eigenvalue weighted by Gasteiger charge is -2.41. The Kier molecular flexibility index (Phi) is 3.50. The zero-order valence-electron chi connectivity index (χ0n) is 14.0. The van der Waals surface area contributed by atoms with Gasteiger partial charge in [0.2, 0.25) is 0 Å². The number of ether oxygens (including phenoxy) is 1. The van der Waals surface area contributed by atoms with E-state index in [1.165, 1.54) is 11.1 Å². The number of rotatable bonds is 1. The predicted octanol–water partition coefficient (Wildman–Crippen LogP) is 2.64. The molecule has 1 aliphatic carbocycles. The minimum absolute atomic E-state index is 0.290. The molecular formula is C19H20N4O. The van der Waals surface area contributed by atoms with E-state index in [4.69, 9.17) is 4.74 Å². The van der Waals surface area contributed by atoms with Crippen molar-refractivity contribution in [3.63, 3.8) is 0 Å². The smallest absolute Gasteiger partial charge is 0.169 e. The highest BCUT2D eigenvalue weighted by molar-refractivity contribution is 5.58. The maximum Gasteiger partial charge on any atom is 0.169 e. The van der Waals surface area contributed by atoms with Crippen LogP contribution in [0, 0.1) is 25.2 Å². The summed E-state index contributed by atoms with van der Waals surface area (Å²) in [6.45, 7) is 5.91. The molecule has 4 rings (SSSR count). The largest absolute Gasteiger partial charge is 0.367 e. The van der Waals surface area contributed by atoms with Gasteiger partial charge in [-0.05, 0) is 43.4 Å². The maximum atomic E-state index is 9.59. The molecule has 0 amide bonds. The van der Waals surface area contributed by atoms with Crippen LogP contribution in [0.2, 0.25) is 0 Å². The van der Waals surface area contributed by atoms with Gasteiger partial charge in [0.1, 0.15) is 17.2 Å². The second-order valence-corrected chi connectivity index (χ2v) is 6.64. The van der Waals surface area contributed by atoms with Gasteiger partial charge in [-0.3, -0.25) is 0 Å². The van der Waals surface area contributed by atoms with Crippen molar-refractivity contribution < 1.29 is 4.74 Å². The minimum atomic E-state index is -0.290. The predicted molar refractivity (Wildman–Crippen MR) is 90.8 cm³/mol. The molecule has 1 spiro atoms. The molecule has 0 radical (unpaired) electrons. The summed E-state index contributed by atoms with van der Waals surface area (Å²) in [5.74, 6) is 0.688. The summed E-state index contributed by atoms with van der Waals surface area (Å²) >= 11 is 0. The van der Waals surface area contributed by atoms with E-state index in [0.29, 0.717) is 18.0 Å². The summed E-state index contributed by atoms with van der Waals surface area (Å²) in [6.07, 6.45) is 2.01. The van der Waals surface area contributed by atoms with Crippen LogP contribution in [-0.2, 0) is 16.8 Å². The monoisotopic (exact) mass is 320 g/mol. The van der Waals surface area contributed by atoms with Gasteiger partial charge in [0.15, 0.2) is 5.82 Å². The normalized spacial score (nSPS) is 22.5. The highest BCUT2D eigenvalue weighted by atomic mass is 16.5. The number of hydrogen-bond acceptors (Lipinski definition) is 5. The van der Waals surface area contributed by atoms with Crippen molar-refractivity contribution >= 4 is 5.82 Å². The molecule has 0 N–H and O–H groups in total. The van der Waals surface area contributed by atoms with Gasteiger partial charge in [-0.25, -0.2) is 0 Å². The molecule has 1 unspecified atom stereocenters. The summed E-state index contributed by atoms with van der Waals surface area (Å²) in [6, 6.07) is 10.8. The van der Waals surface area contributed by atoms with Gasteiger partial charge in [-0.15, -0.1) is 5.10 Å². The Morgan fingerprint density at radius 3 is 2.92 bits per heavy atom. The molecule has 2 aliphatic rings. The number of morpholine rings is 1. The molecule has 2 heterocycles. The van der Waals surface area contributed by atoms with Crippen molar-refractivity contribution in [3.8, 4) is 6.07 Å². The van der Waals surface area contributed by atoms with E-state index in [0.717, 1.165) is 37.2 Å². The van der Waals surface area contributed by atoms with Gasteiger partial charge in [0, 0.05) is 6.54 Å². The molecule has 1 aliphatic heterocycles. The summed E-state index contributed by atoms with van der Waals surface area (Å²) in [5.41, 5.74) is 4.71. The van der Waals surface area contributed by atoms with Crippen molar-refractivity contribution in [1.29, 1.82) is 5.26 Å². The molecule has 122 valence electrons. The molecular weight excluding hydrogens is 300 g/mol. The lowest BCUT2D eigenvalue weighted by molar-refractivity contribution is -0.0594. The van der Waals surface area contributed by atoms with Crippen molar-refractivity contribution in [3.05, 3.63) is 52.2 Å². The molecule has 1 fully saturated rings. The third kappa shape index (κ3) is 2.18. The second kappa shape index (κ2) is 5.57. The molecule has 5 heteroatoms. The van der Waals surface area contributed by atoms with Crippen molar-refractivity contribution in [2.75, 3.05) is 24.6 Å². The molecule has 24 heavy (non-hydrogen) atoms. The quantitative estimate of drug-likeness (QED) is 0.808. The van der Waals surface area contributed by atoms with Gasteiger partial charge >= 0.3 is 0 Å². The van der Waals surface area contributed by atoms with Gasteiger partial charge in [0.25, 0.3) is 0 Å². The average Bonchev–Trinajstić information content (AvgIpc) is 2.96.